The second-order valence-electron chi connectivity index (χ2n) is 3.96. The molecule has 1 saturated carbocycles. The fourth-order valence-corrected chi connectivity index (χ4v) is 2.10. The quantitative estimate of drug-likeness (QED) is 0.406. The van der Waals surface area contributed by atoms with Gasteiger partial charge in [0.25, 0.3) is 5.70 Å². The first-order chi connectivity index (χ1) is 7.60. The molecular weight excluding hydrogens is 204 g/mol. The van der Waals surface area contributed by atoms with Crippen molar-refractivity contribution in [1.29, 1.82) is 5.26 Å². The lowest BCUT2D eigenvalue weighted by atomic mass is 9.83. The summed E-state index contributed by atoms with van der Waals surface area (Å²) in [5.74, 6) is -0.320. The van der Waals surface area contributed by atoms with Crippen LogP contribution in [0.4, 0.5) is 0 Å². The lowest BCUT2D eigenvalue weighted by Crippen LogP contribution is -2.29. The molecule has 1 aliphatic carbocycles. The number of carbonyl (C=O) groups excluding carboxylic acids is 1. The van der Waals surface area contributed by atoms with Gasteiger partial charge in [-0.25, -0.2) is 10.1 Å². The van der Waals surface area contributed by atoms with Crippen molar-refractivity contribution >= 4 is 5.97 Å². The highest BCUT2D eigenvalue weighted by atomic mass is 16.5. The summed E-state index contributed by atoms with van der Waals surface area (Å²) in [5.41, 5.74) is -0.0810. The summed E-state index contributed by atoms with van der Waals surface area (Å²) in [7, 11) is 0. The number of carbonyl (C=O) groups is 1. The van der Waals surface area contributed by atoms with Crippen LogP contribution in [0.25, 0.3) is 4.85 Å². The number of hydrogen-bond donors (Lipinski definition) is 0. The SMILES string of the molecule is [C-]#[N+]/C(C#N)=C1\CCCC1(C)C(=O)OCC. The topological polar surface area (TPSA) is 54.5 Å². The highest BCUT2D eigenvalue weighted by molar-refractivity contribution is 5.81. The van der Waals surface area contributed by atoms with Crippen LogP contribution in [0.5, 0.6) is 0 Å². The van der Waals surface area contributed by atoms with E-state index in [1.807, 2.05) is 6.07 Å². The first-order valence-electron chi connectivity index (χ1n) is 5.28. The van der Waals surface area contributed by atoms with Gasteiger partial charge in [-0.15, -0.1) is 0 Å². The van der Waals surface area contributed by atoms with Gasteiger partial charge >= 0.3 is 5.97 Å². The molecule has 1 aliphatic rings. The Bertz CT molecular complexity index is 396. The molecule has 16 heavy (non-hydrogen) atoms. The Morgan fingerprint density at radius 2 is 2.44 bits per heavy atom. The Morgan fingerprint density at radius 3 is 2.94 bits per heavy atom. The molecule has 0 radical (unpaired) electrons. The molecule has 0 N–H and O–H groups in total. The van der Waals surface area contributed by atoms with Gasteiger partial charge in [-0.05, 0) is 38.7 Å². The maximum atomic E-state index is 11.8. The molecule has 0 aromatic heterocycles. The van der Waals surface area contributed by atoms with E-state index < -0.39 is 5.41 Å². The minimum absolute atomic E-state index is 0.0491. The van der Waals surface area contributed by atoms with Crippen molar-refractivity contribution in [2.75, 3.05) is 6.61 Å². The number of allylic oxidation sites excluding steroid dienone is 1. The lowest BCUT2D eigenvalue weighted by molar-refractivity contribution is -0.151. The van der Waals surface area contributed by atoms with E-state index in [0.717, 1.165) is 6.42 Å². The number of esters is 1. The number of nitrogens with zero attached hydrogens (tertiary/aromatic N) is 2. The van der Waals surface area contributed by atoms with Gasteiger partial charge < -0.3 is 4.74 Å². The molecule has 84 valence electrons. The van der Waals surface area contributed by atoms with E-state index in [4.69, 9.17) is 16.6 Å². The number of ether oxygens (including phenoxy) is 1. The summed E-state index contributed by atoms with van der Waals surface area (Å²) in [5, 5.41) is 8.86. The normalized spacial score (nSPS) is 26.8. The zero-order valence-corrected chi connectivity index (χ0v) is 9.54. The van der Waals surface area contributed by atoms with Crippen LogP contribution in [-0.4, -0.2) is 12.6 Å². The molecule has 1 rings (SSSR count). The van der Waals surface area contributed by atoms with Gasteiger partial charge in [-0.3, -0.25) is 4.79 Å². The second-order valence-corrected chi connectivity index (χ2v) is 3.96. The summed E-state index contributed by atoms with van der Waals surface area (Å²) in [6.07, 6.45) is 2.12. The summed E-state index contributed by atoms with van der Waals surface area (Å²) in [6.45, 7) is 10.8. The molecule has 0 heterocycles. The molecule has 0 spiro atoms. The predicted octanol–water partition coefficient (Wildman–Crippen LogP) is 2.44. The van der Waals surface area contributed by atoms with Gasteiger partial charge in [0.1, 0.15) is 0 Å². The van der Waals surface area contributed by atoms with Crippen LogP contribution < -0.4 is 0 Å². The smallest absolute Gasteiger partial charge is 0.314 e. The molecule has 0 saturated heterocycles. The molecule has 0 aliphatic heterocycles. The Kier molecular flexibility index (Phi) is 3.68. The largest absolute Gasteiger partial charge is 0.465 e. The summed E-state index contributed by atoms with van der Waals surface area (Å²) in [6, 6.07) is 1.86. The maximum absolute atomic E-state index is 11.8. The van der Waals surface area contributed by atoms with Crippen molar-refractivity contribution in [2.24, 2.45) is 5.41 Å². The standard InChI is InChI=1S/C12H14N2O2/c1-4-16-11(15)12(2)7-5-6-9(12)10(8-13)14-3/h4-7H2,1-2H3/b10-9+. The Hall–Kier alpha value is -1.81. The Balaban J connectivity index is 3.14. The average molecular weight is 218 g/mol. The van der Waals surface area contributed by atoms with E-state index in [9.17, 15) is 4.79 Å². The molecular formula is C12H14N2O2. The molecule has 4 nitrogen and oxygen atoms in total. The number of rotatable bonds is 2. The van der Waals surface area contributed by atoms with Crippen molar-refractivity contribution in [3.05, 3.63) is 22.7 Å². The third kappa shape index (κ3) is 1.92. The third-order valence-electron chi connectivity index (χ3n) is 3.00. The monoisotopic (exact) mass is 218 g/mol. The molecule has 0 aromatic rings. The first kappa shape index (κ1) is 12.3. The Morgan fingerprint density at radius 1 is 1.75 bits per heavy atom. The van der Waals surface area contributed by atoms with E-state index in [-0.39, 0.29) is 11.7 Å². The zero-order valence-electron chi connectivity index (χ0n) is 9.54. The van der Waals surface area contributed by atoms with E-state index in [1.54, 1.807) is 13.8 Å². The van der Waals surface area contributed by atoms with Gasteiger partial charge in [0.2, 0.25) is 0 Å². The van der Waals surface area contributed by atoms with Gasteiger partial charge in [0.15, 0.2) is 0 Å². The third-order valence-corrected chi connectivity index (χ3v) is 3.00. The minimum Gasteiger partial charge on any atom is -0.465 e. The van der Waals surface area contributed by atoms with Crippen LogP contribution in [0.3, 0.4) is 0 Å². The molecule has 0 amide bonds. The minimum atomic E-state index is -0.772. The molecule has 0 aromatic carbocycles. The summed E-state index contributed by atoms with van der Waals surface area (Å²) in [4.78, 5) is 15.0. The van der Waals surface area contributed by atoms with Crippen LogP contribution in [-0.2, 0) is 9.53 Å². The second kappa shape index (κ2) is 4.81. The maximum Gasteiger partial charge on any atom is 0.314 e. The predicted molar refractivity (Wildman–Crippen MR) is 57.8 cm³/mol. The van der Waals surface area contributed by atoms with Gasteiger partial charge in [-0.2, -0.15) is 0 Å². The van der Waals surface area contributed by atoms with Crippen LogP contribution in [0, 0.1) is 23.3 Å². The van der Waals surface area contributed by atoms with Crippen molar-refractivity contribution in [2.45, 2.75) is 33.1 Å². The van der Waals surface area contributed by atoms with E-state index in [1.165, 1.54) is 0 Å². The van der Waals surface area contributed by atoms with Crippen molar-refractivity contribution in [1.82, 2.24) is 0 Å². The highest BCUT2D eigenvalue weighted by Crippen LogP contribution is 2.45. The molecule has 1 atom stereocenters. The Labute approximate surface area is 95.3 Å². The van der Waals surface area contributed by atoms with Gasteiger partial charge in [0, 0.05) is 0 Å². The lowest BCUT2D eigenvalue weighted by Gasteiger charge is -2.23. The number of hydrogen-bond acceptors (Lipinski definition) is 3. The van der Waals surface area contributed by atoms with Crippen molar-refractivity contribution < 1.29 is 9.53 Å². The molecule has 1 unspecified atom stereocenters. The van der Waals surface area contributed by atoms with Crippen LogP contribution in [0.2, 0.25) is 0 Å². The fourth-order valence-electron chi connectivity index (χ4n) is 2.10. The van der Waals surface area contributed by atoms with Gasteiger partial charge in [0.05, 0.1) is 24.7 Å². The first-order valence-corrected chi connectivity index (χ1v) is 5.28. The fraction of sp³-hybridized carbons (Fsp3) is 0.583. The average Bonchev–Trinajstić information content (AvgIpc) is 2.65. The van der Waals surface area contributed by atoms with Gasteiger partial charge in [-0.1, -0.05) is 0 Å². The molecule has 0 bridgehead atoms. The highest BCUT2D eigenvalue weighted by Gasteiger charge is 2.43. The molecule has 1 fully saturated rings. The van der Waals surface area contributed by atoms with Crippen LogP contribution >= 0.6 is 0 Å². The van der Waals surface area contributed by atoms with E-state index in [0.29, 0.717) is 25.0 Å². The van der Waals surface area contributed by atoms with Crippen molar-refractivity contribution in [3.8, 4) is 6.07 Å². The summed E-state index contributed by atoms with van der Waals surface area (Å²) >= 11 is 0. The molecule has 4 heteroatoms. The van der Waals surface area contributed by atoms with E-state index in [2.05, 4.69) is 4.85 Å². The van der Waals surface area contributed by atoms with E-state index >= 15 is 0 Å². The summed E-state index contributed by atoms with van der Waals surface area (Å²) < 4.78 is 5.01. The van der Waals surface area contributed by atoms with Crippen LogP contribution in [0.15, 0.2) is 11.3 Å². The van der Waals surface area contributed by atoms with Crippen LogP contribution in [0.1, 0.15) is 33.1 Å². The van der Waals surface area contributed by atoms with Crippen molar-refractivity contribution in [3.63, 3.8) is 0 Å². The number of nitriles is 1. The zero-order chi connectivity index (χ0) is 12.2.